The van der Waals surface area contributed by atoms with Crippen LogP contribution in [0.25, 0.3) is 10.2 Å². The average molecular weight is 454 g/mol. The Balaban J connectivity index is 1.43. The third-order valence-corrected chi connectivity index (χ3v) is 7.06. The molecular weight excluding hydrogens is 426 g/mol. The number of ether oxygens (including phenoxy) is 3. The largest absolute Gasteiger partial charge is 0.485 e. The molecule has 1 saturated heterocycles. The van der Waals surface area contributed by atoms with Gasteiger partial charge in [-0.25, -0.2) is 4.98 Å². The number of rotatable bonds is 5. The zero-order chi connectivity index (χ0) is 22.1. The van der Waals surface area contributed by atoms with Crippen LogP contribution in [0.15, 0.2) is 36.4 Å². The molecule has 2 aliphatic heterocycles. The molecule has 168 valence electrons. The molecular formula is C24H27N3O4S. The zero-order valence-electron chi connectivity index (χ0n) is 18.4. The second-order valence-corrected chi connectivity index (χ2v) is 9.21. The van der Waals surface area contributed by atoms with Gasteiger partial charge in [0, 0.05) is 26.2 Å². The van der Waals surface area contributed by atoms with Gasteiger partial charge in [0.2, 0.25) is 6.10 Å². The average Bonchev–Trinajstić information content (AvgIpc) is 3.23. The van der Waals surface area contributed by atoms with Crippen molar-refractivity contribution in [3.63, 3.8) is 0 Å². The minimum absolute atomic E-state index is 0.124. The molecule has 0 radical (unpaired) electrons. The minimum atomic E-state index is -0.704. The van der Waals surface area contributed by atoms with Crippen LogP contribution in [-0.2, 0) is 9.53 Å². The Morgan fingerprint density at radius 2 is 1.97 bits per heavy atom. The van der Waals surface area contributed by atoms with Gasteiger partial charge in [-0.2, -0.15) is 0 Å². The van der Waals surface area contributed by atoms with Gasteiger partial charge in [0.15, 0.2) is 16.6 Å². The Morgan fingerprint density at radius 1 is 1.19 bits per heavy atom. The highest BCUT2D eigenvalue weighted by Crippen LogP contribution is 2.34. The maximum absolute atomic E-state index is 13.7. The first-order valence-electron chi connectivity index (χ1n) is 11.0. The monoisotopic (exact) mass is 453 g/mol. The van der Waals surface area contributed by atoms with Crippen molar-refractivity contribution < 1.29 is 19.0 Å². The molecule has 1 fully saturated rings. The van der Waals surface area contributed by atoms with Gasteiger partial charge < -0.3 is 14.2 Å². The highest BCUT2D eigenvalue weighted by Gasteiger charge is 2.33. The zero-order valence-corrected chi connectivity index (χ0v) is 19.2. The Labute approximate surface area is 191 Å². The van der Waals surface area contributed by atoms with Crippen LogP contribution in [0.2, 0.25) is 0 Å². The van der Waals surface area contributed by atoms with E-state index in [2.05, 4.69) is 30.9 Å². The summed E-state index contributed by atoms with van der Waals surface area (Å²) in [7, 11) is 0. The summed E-state index contributed by atoms with van der Waals surface area (Å²) in [5, 5.41) is 0.703. The Bertz CT molecular complexity index is 1130. The molecule has 0 bridgehead atoms. The Hall–Kier alpha value is -2.68. The van der Waals surface area contributed by atoms with Crippen molar-refractivity contribution in [1.82, 2.24) is 9.88 Å². The molecule has 0 aliphatic carbocycles. The standard InChI is InChI=1S/C24H27N3O4S/c1-16-13-17(2)22-18(14-16)25-24(32-22)27(8-7-26-9-11-29-12-10-26)23(28)21-15-30-19-5-3-4-6-20(19)31-21/h3-6,13-14,21H,7-12,15H2,1-2H3. The molecule has 1 aromatic heterocycles. The van der Waals surface area contributed by atoms with Crippen molar-refractivity contribution in [2.75, 3.05) is 50.9 Å². The molecule has 2 aliphatic rings. The maximum Gasteiger partial charge on any atom is 0.273 e. The summed E-state index contributed by atoms with van der Waals surface area (Å²) in [5.41, 5.74) is 3.27. The summed E-state index contributed by atoms with van der Waals surface area (Å²) < 4.78 is 18.4. The number of aryl methyl sites for hydroxylation is 2. The topological polar surface area (TPSA) is 64.1 Å². The van der Waals surface area contributed by atoms with Crippen LogP contribution in [0, 0.1) is 13.8 Å². The number of thiazole rings is 1. The lowest BCUT2D eigenvalue weighted by atomic mass is 10.1. The third kappa shape index (κ3) is 4.30. The van der Waals surface area contributed by atoms with Crippen molar-refractivity contribution in [1.29, 1.82) is 0 Å². The van der Waals surface area contributed by atoms with Crippen LogP contribution >= 0.6 is 11.3 Å². The van der Waals surface area contributed by atoms with E-state index in [1.54, 1.807) is 16.2 Å². The molecule has 0 saturated carbocycles. The molecule has 1 atom stereocenters. The Kier molecular flexibility index (Phi) is 5.99. The molecule has 1 unspecified atom stereocenters. The number of carbonyl (C=O) groups excluding carboxylic acids is 1. The van der Waals surface area contributed by atoms with Gasteiger partial charge in [-0.05, 0) is 43.2 Å². The summed E-state index contributed by atoms with van der Waals surface area (Å²) in [5.74, 6) is 1.14. The molecule has 3 heterocycles. The van der Waals surface area contributed by atoms with Gasteiger partial charge in [-0.3, -0.25) is 14.6 Å². The number of hydrogen-bond donors (Lipinski definition) is 0. The number of aromatic nitrogens is 1. The van der Waals surface area contributed by atoms with E-state index in [4.69, 9.17) is 19.2 Å². The van der Waals surface area contributed by atoms with E-state index in [-0.39, 0.29) is 12.5 Å². The van der Waals surface area contributed by atoms with Crippen LogP contribution in [-0.4, -0.2) is 67.9 Å². The van der Waals surface area contributed by atoms with E-state index < -0.39 is 6.10 Å². The van der Waals surface area contributed by atoms with E-state index in [0.29, 0.717) is 23.2 Å². The predicted molar refractivity (Wildman–Crippen MR) is 125 cm³/mol. The summed E-state index contributed by atoms with van der Waals surface area (Å²) in [4.78, 5) is 22.6. The normalized spacial score (nSPS) is 18.6. The van der Waals surface area contributed by atoms with Crippen molar-refractivity contribution in [3.05, 3.63) is 47.5 Å². The number of nitrogens with zero attached hydrogens (tertiary/aromatic N) is 3. The number of hydrogen-bond acceptors (Lipinski definition) is 7. The van der Waals surface area contributed by atoms with Crippen LogP contribution in [0.4, 0.5) is 5.13 Å². The number of morpholine rings is 1. The molecule has 3 aromatic rings. The highest BCUT2D eigenvalue weighted by atomic mass is 32.1. The molecule has 0 spiro atoms. The number of anilines is 1. The molecule has 32 heavy (non-hydrogen) atoms. The Morgan fingerprint density at radius 3 is 2.78 bits per heavy atom. The van der Waals surface area contributed by atoms with Gasteiger partial charge in [-0.1, -0.05) is 29.5 Å². The maximum atomic E-state index is 13.7. The smallest absolute Gasteiger partial charge is 0.273 e. The van der Waals surface area contributed by atoms with E-state index in [1.807, 2.05) is 24.3 Å². The molecule has 1 amide bonds. The first-order valence-corrected chi connectivity index (χ1v) is 11.8. The second-order valence-electron chi connectivity index (χ2n) is 8.23. The number of amides is 1. The minimum Gasteiger partial charge on any atom is -0.485 e. The summed E-state index contributed by atoms with van der Waals surface area (Å²) in [6.45, 7) is 8.84. The fraction of sp³-hybridized carbons (Fsp3) is 0.417. The number of fused-ring (bicyclic) bond motifs is 2. The van der Waals surface area contributed by atoms with Crippen molar-refractivity contribution in [2.24, 2.45) is 0 Å². The first-order chi connectivity index (χ1) is 15.6. The fourth-order valence-corrected chi connectivity index (χ4v) is 5.21. The molecule has 8 heteroatoms. The van der Waals surface area contributed by atoms with Crippen LogP contribution in [0.5, 0.6) is 11.5 Å². The summed E-state index contributed by atoms with van der Waals surface area (Å²) in [6, 6.07) is 11.7. The van der Waals surface area contributed by atoms with Gasteiger partial charge >= 0.3 is 0 Å². The second kappa shape index (κ2) is 9.05. The van der Waals surface area contributed by atoms with Crippen LogP contribution in [0.3, 0.4) is 0 Å². The highest BCUT2D eigenvalue weighted by molar-refractivity contribution is 7.22. The van der Waals surface area contributed by atoms with Crippen molar-refractivity contribution in [2.45, 2.75) is 20.0 Å². The van der Waals surface area contributed by atoms with Crippen molar-refractivity contribution >= 4 is 32.6 Å². The van der Waals surface area contributed by atoms with Gasteiger partial charge in [-0.15, -0.1) is 0 Å². The lowest BCUT2D eigenvalue weighted by Crippen LogP contribution is -2.49. The third-order valence-electron chi connectivity index (χ3n) is 5.83. The van der Waals surface area contributed by atoms with E-state index in [1.165, 1.54) is 11.1 Å². The first kappa shape index (κ1) is 21.2. The molecule has 7 nitrogen and oxygen atoms in total. The molecule has 0 N–H and O–H groups in total. The van der Waals surface area contributed by atoms with E-state index in [0.717, 1.165) is 43.1 Å². The van der Waals surface area contributed by atoms with Gasteiger partial charge in [0.25, 0.3) is 5.91 Å². The number of para-hydroxylation sites is 2. The van der Waals surface area contributed by atoms with Crippen LogP contribution < -0.4 is 14.4 Å². The summed E-state index contributed by atoms with van der Waals surface area (Å²) in [6.07, 6.45) is -0.704. The fourth-order valence-electron chi connectivity index (χ4n) is 4.16. The SMILES string of the molecule is Cc1cc(C)c2sc(N(CCN3CCOCC3)C(=O)C3COc4ccccc4O3)nc2c1. The molecule has 2 aromatic carbocycles. The van der Waals surface area contributed by atoms with E-state index in [9.17, 15) is 4.79 Å². The molecule has 5 rings (SSSR count). The lowest BCUT2D eigenvalue weighted by molar-refractivity contribution is -0.127. The van der Waals surface area contributed by atoms with Crippen molar-refractivity contribution in [3.8, 4) is 11.5 Å². The van der Waals surface area contributed by atoms with Crippen LogP contribution in [0.1, 0.15) is 11.1 Å². The van der Waals surface area contributed by atoms with Gasteiger partial charge in [0.05, 0.1) is 23.4 Å². The number of benzene rings is 2. The van der Waals surface area contributed by atoms with Gasteiger partial charge in [0.1, 0.15) is 6.61 Å². The van der Waals surface area contributed by atoms with E-state index >= 15 is 0 Å². The lowest BCUT2D eigenvalue weighted by Gasteiger charge is -2.32. The quantitative estimate of drug-likeness (QED) is 0.590. The number of carbonyl (C=O) groups is 1. The predicted octanol–water partition coefficient (Wildman–Crippen LogP) is 3.42. The summed E-state index contributed by atoms with van der Waals surface area (Å²) >= 11 is 1.56.